The van der Waals surface area contributed by atoms with Crippen molar-refractivity contribution in [1.82, 2.24) is 0 Å². The van der Waals surface area contributed by atoms with Gasteiger partial charge in [0.15, 0.2) is 5.78 Å². The fourth-order valence-electron chi connectivity index (χ4n) is 1.43. The predicted octanol–water partition coefficient (Wildman–Crippen LogP) is 9.31. The Kier molecular flexibility index (Phi) is 24.0. The Morgan fingerprint density at radius 2 is 1.11 bits per heavy atom. The molecule has 0 aliphatic heterocycles. The number of benzene rings is 1. The molecule has 1 heteroatoms. The van der Waals surface area contributed by atoms with Gasteiger partial charge in [-0.3, -0.25) is 4.79 Å². The molecule has 0 fully saturated rings. The number of ketones is 1. The van der Waals surface area contributed by atoms with E-state index in [1.165, 1.54) is 24.8 Å². The molecule has 1 aromatic rings. The second-order valence-electron chi connectivity index (χ2n) is 8.48. The van der Waals surface area contributed by atoms with E-state index in [-0.39, 0.29) is 5.78 Å². The van der Waals surface area contributed by atoms with Crippen molar-refractivity contribution in [1.29, 1.82) is 0 Å². The second kappa shape index (κ2) is 21.2. The molecule has 1 nitrogen and oxygen atoms in total. The Morgan fingerprint density at radius 1 is 0.741 bits per heavy atom. The van der Waals surface area contributed by atoms with Crippen LogP contribution < -0.4 is 0 Å². The van der Waals surface area contributed by atoms with Crippen LogP contribution in [-0.2, 0) is 0 Å². The largest absolute Gasteiger partial charge is 0.294 e. The van der Waals surface area contributed by atoms with Crippen LogP contribution in [0.25, 0.3) is 0 Å². The highest BCUT2D eigenvalue weighted by atomic mass is 16.1. The molecular formula is C26H50O. The van der Waals surface area contributed by atoms with Crippen LogP contribution in [0, 0.1) is 11.8 Å². The van der Waals surface area contributed by atoms with Crippen molar-refractivity contribution in [3.05, 3.63) is 35.4 Å². The molecule has 1 rings (SSSR count). The molecule has 0 radical (unpaired) electrons. The standard InChI is InChI=1S/C13H18O.C5H12.2C4H10/c1-4-5-13(14)12-8-6-11(7-9-12)10(2)3;1-4-5(2)3;1-4(2)3;1-3-4-2/h6-10H,4-5H2,1-3H3;5H,4H2,1-3H3;4H,1-3H3;3-4H2,1-2H3. The molecule has 0 aliphatic rings. The van der Waals surface area contributed by atoms with Gasteiger partial charge in [0, 0.05) is 12.0 Å². The minimum absolute atomic E-state index is 0.253. The first-order valence-corrected chi connectivity index (χ1v) is 11.2. The zero-order valence-electron chi connectivity index (χ0n) is 20.5. The zero-order chi connectivity index (χ0) is 21.8. The highest BCUT2D eigenvalue weighted by Crippen LogP contribution is 2.15. The van der Waals surface area contributed by atoms with Crippen molar-refractivity contribution in [2.24, 2.45) is 11.8 Å². The molecular weight excluding hydrogens is 328 g/mol. The highest BCUT2D eigenvalue weighted by molar-refractivity contribution is 5.96. The minimum atomic E-state index is 0.253. The van der Waals surface area contributed by atoms with E-state index in [9.17, 15) is 4.79 Å². The first kappa shape index (κ1) is 30.6. The van der Waals surface area contributed by atoms with Gasteiger partial charge in [0.25, 0.3) is 0 Å². The maximum atomic E-state index is 11.5. The second-order valence-corrected chi connectivity index (χ2v) is 8.48. The molecule has 0 atom stereocenters. The van der Waals surface area contributed by atoms with Gasteiger partial charge in [-0.2, -0.15) is 0 Å². The quantitative estimate of drug-likeness (QED) is 0.450. The third kappa shape index (κ3) is 24.9. The van der Waals surface area contributed by atoms with Gasteiger partial charge in [-0.15, -0.1) is 0 Å². The fraction of sp³-hybridized carbons (Fsp3) is 0.731. The fourth-order valence-corrected chi connectivity index (χ4v) is 1.43. The number of unbranched alkanes of at least 4 members (excludes halogenated alkanes) is 1. The molecule has 0 amide bonds. The Hall–Kier alpha value is -1.11. The predicted molar refractivity (Wildman–Crippen MR) is 126 cm³/mol. The van der Waals surface area contributed by atoms with Gasteiger partial charge in [-0.25, -0.2) is 0 Å². The summed E-state index contributed by atoms with van der Waals surface area (Å²) in [5.74, 6) is 2.50. The summed E-state index contributed by atoms with van der Waals surface area (Å²) in [5, 5.41) is 0. The van der Waals surface area contributed by atoms with Crippen molar-refractivity contribution < 1.29 is 4.79 Å². The minimum Gasteiger partial charge on any atom is -0.294 e. The van der Waals surface area contributed by atoms with Crippen LogP contribution in [0.5, 0.6) is 0 Å². The van der Waals surface area contributed by atoms with E-state index in [1.807, 2.05) is 31.2 Å². The van der Waals surface area contributed by atoms with Crippen molar-refractivity contribution in [3.63, 3.8) is 0 Å². The van der Waals surface area contributed by atoms with E-state index in [4.69, 9.17) is 0 Å². The van der Waals surface area contributed by atoms with Crippen LogP contribution in [0.1, 0.15) is 130 Å². The summed E-state index contributed by atoms with van der Waals surface area (Å²) in [6.45, 7) is 23.8. The number of Topliss-reactive ketones (excluding diaryl/α,β-unsaturated/α-hetero) is 1. The summed E-state index contributed by atoms with van der Waals surface area (Å²) >= 11 is 0. The molecule has 27 heavy (non-hydrogen) atoms. The van der Waals surface area contributed by atoms with Crippen LogP contribution in [0.4, 0.5) is 0 Å². The van der Waals surface area contributed by atoms with E-state index < -0.39 is 0 Å². The van der Waals surface area contributed by atoms with E-state index in [1.54, 1.807) is 0 Å². The summed E-state index contributed by atoms with van der Waals surface area (Å²) in [6.07, 6.45) is 5.52. The van der Waals surface area contributed by atoms with Crippen LogP contribution in [0.3, 0.4) is 0 Å². The number of rotatable bonds is 6. The monoisotopic (exact) mass is 378 g/mol. The first-order valence-electron chi connectivity index (χ1n) is 11.2. The molecule has 0 heterocycles. The average Bonchev–Trinajstić information content (AvgIpc) is 2.62. The number of hydrogen-bond donors (Lipinski definition) is 0. The summed E-state index contributed by atoms with van der Waals surface area (Å²) in [6, 6.07) is 7.97. The molecule has 160 valence electrons. The van der Waals surface area contributed by atoms with E-state index in [2.05, 4.69) is 69.2 Å². The third-order valence-electron chi connectivity index (χ3n) is 3.69. The summed E-state index contributed by atoms with van der Waals surface area (Å²) in [5.41, 5.74) is 2.13. The first-order chi connectivity index (χ1) is 12.6. The van der Waals surface area contributed by atoms with Crippen LogP contribution in [0.15, 0.2) is 24.3 Å². The SMILES string of the molecule is CC(C)C.CCC(C)C.CCCC.CCCC(=O)c1ccc(C(C)C)cc1. The molecule has 1 aromatic carbocycles. The van der Waals surface area contributed by atoms with Gasteiger partial charge in [0.1, 0.15) is 0 Å². The molecule has 0 aliphatic carbocycles. The molecule has 0 saturated heterocycles. The molecule has 0 saturated carbocycles. The van der Waals surface area contributed by atoms with E-state index in [0.717, 1.165) is 23.8 Å². The number of hydrogen-bond acceptors (Lipinski definition) is 1. The molecule has 0 bridgehead atoms. The van der Waals surface area contributed by atoms with Crippen molar-refractivity contribution in [2.45, 2.75) is 114 Å². The van der Waals surface area contributed by atoms with Crippen molar-refractivity contribution >= 4 is 5.78 Å². The summed E-state index contributed by atoms with van der Waals surface area (Å²) in [4.78, 5) is 11.5. The van der Waals surface area contributed by atoms with Gasteiger partial charge in [0.2, 0.25) is 0 Å². The molecule has 0 spiro atoms. The molecule has 0 unspecified atom stereocenters. The van der Waals surface area contributed by atoms with Crippen molar-refractivity contribution in [2.75, 3.05) is 0 Å². The van der Waals surface area contributed by atoms with Crippen LogP contribution in [0.2, 0.25) is 0 Å². The maximum absolute atomic E-state index is 11.5. The van der Waals surface area contributed by atoms with Gasteiger partial charge in [-0.1, -0.05) is 120 Å². The lowest BCUT2D eigenvalue weighted by atomic mass is 9.99. The van der Waals surface area contributed by atoms with Gasteiger partial charge in [0.05, 0.1) is 0 Å². The van der Waals surface area contributed by atoms with Crippen molar-refractivity contribution in [3.8, 4) is 0 Å². The summed E-state index contributed by atoms with van der Waals surface area (Å²) in [7, 11) is 0. The maximum Gasteiger partial charge on any atom is 0.162 e. The van der Waals surface area contributed by atoms with Gasteiger partial charge < -0.3 is 0 Å². The molecule has 0 N–H and O–H groups in total. The Morgan fingerprint density at radius 3 is 1.33 bits per heavy atom. The topological polar surface area (TPSA) is 17.1 Å². The van der Waals surface area contributed by atoms with Gasteiger partial charge in [-0.05, 0) is 29.7 Å². The number of carbonyl (C=O) groups is 1. The number of carbonyl (C=O) groups excluding carboxylic acids is 1. The smallest absolute Gasteiger partial charge is 0.162 e. The average molecular weight is 379 g/mol. The lowest BCUT2D eigenvalue weighted by molar-refractivity contribution is 0.0981. The Balaban J connectivity index is -0.000000365. The highest BCUT2D eigenvalue weighted by Gasteiger charge is 2.04. The Bertz CT molecular complexity index is 408. The van der Waals surface area contributed by atoms with E-state index in [0.29, 0.717) is 12.3 Å². The lowest BCUT2D eigenvalue weighted by Crippen LogP contribution is -1.98. The normalized spacial score (nSPS) is 9.70. The summed E-state index contributed by atoms with van der Waals surface area (Å²) < 4.78 is 0. The zero-order valence-corrected chi connectivity index (χ0v) is 20.5. The van der Waals surface area contributed by atoms with Gasteiger partial charge >= 0.3 is 0 Å². The van der Waals surface area contributed by atoms with Crippen LogP contribution >= 0.6 is 0 Å². The Labute approximate surface area is 172 Å². The van der Waals surface area contributed by atoms with Crippen LogP contribution in [-0.4, -0.2) is 5.78 Å². The van der Waals surface area contributed by atoms with E-state index >= 15 is 0 Å². The molecule has 0 aromatic heterocycles. The lowest BCUT2D eigenvalue weighted by Gasteiger charge is -2.05. The third-order valence-corrected chi connectivity index (χ3v) is 3.69.